The van der Waals surface area contributed by atoms with Gasteiger partial charge in [-0.25, -0.2) is 0 Å². The predicted molar refractivity (Wildman–Crippen MR) is 79.6 cm³/mol. The summed E-state index contributed by atoms with van der Waals surface area (Å²) in [6.45, 7) is 8.31. The lowest BCUT2D eigenvalue weighted by Gasteiger charge is -2.24. The molecule has 0 aliphatic heterocycles. The average Bonchev–Trinajstić information content (AvgIpc) is 3.15. The van der Waals surface area contributed by atoms with Crippen molar-refractivity contribution in [3.8, 4) is 5.88 Å². The summed E-state index contributed by atoms with van der Waals surface area (Å²) in [6.07, 6.45) is 3.92. The zero-order valence-electron chi connectivity index (χ0n) is 12.2. The van der Waals surface area contributed by atoms with E-state index in [1.54, 1.807) is 0 Å². The van der Waals surface area contributed by atoms with Crippen LogP contribution in [0.25, 0.3) is 0 Å². The summed E-state index contributed by atoms with van der Waals surface area (Å²) >= 11 is 0. The Bertz CT molecular complexity index is 416. The summed E-state index contributed by atoms with van der Waals surface area (Å²) < 4.78 is 5.67. The van der Waals surface area contributed by atoms with Gasteiger partial charge in [-0.2, -0.15) is 4.98 Å². The molecule has 0 bridgehead atoms. The van der Waals surface area contributed by atoms with E-state index in [9.17, 15) is 0 Å². The second kappa shape index (κ2) is 6.13. The number of pyridine rings is 1. The number of hydrogen-bond donors (Lipinski definition) is 1. The SMILES string of the molecule is CCCN(CC1CC1)c1ccc(N)c(OC(C)C)n1. The molecule has 106 valence electrons. The smallest absolute Gasteiger partial charge is 0.239 e. The fourth-order valence-corrected chi connectivity index (χ4v) is 2.12. The normalized spacial score (nSPS) is 14.7. The Kier molecular flexibility index (Phi) is 4.51. The summed E-state index contributed by atoms with van der Waals surface area (Å²) in [7, 11) is 0. The fourth-order valence-electron chi connectivity index (χ4n) is 2.12. The Morgan fingerprint density at radius 3 is 2.74 bits per heavy atom. The van der Waals surface area contributed by atoms with Crippen LogP contribution in [-0.4, -0.2) is 24.2 Å². The Labute approximate surface area is 116 Å². The molecule has 1 fully saturated rings. The Hall–Kier alpha value is -1.45. The van der Waals surface area contributed by atoms with Gasteiger partial charge in [0.25, 0.3) is 0 Å². The zero-order chi connectivity index (χ0) is 13.8. The number of nitrogens with zero attached hydrogens (tertiary/aromatic N) is 2. The maximum absolute atomic E-state index is 5.92. The van der Waals surface area contributed by atoms with Gasteiger partial charge in [-0.05, 0) is 51.2 Å². The first-order chi connectivity index (χ1) is 9.10. The first-order valence-electron chi connectivity index (χ1n) is 7.28. The van der Waals surface area contributed by atoms with Crippen LogP contribution >= 0.6 is 0 Å². The molecule has 0 radical (unpaired) electrons. The molecular weight excluding hydrogens is 238 g/mol. The van der Waals surface area contributed by atoms with E-state index in [4.69, 9.17) is 10.5 Å². The van der Waals surface area contributed by atoms with Crippen molar-refractivity contribution >= 4 is 11.5 Å². The summed E-state index contributed by atoms with van der Waals surface area (Å²) in [5, 5.41) is 0. The van der Waals surface area contributed by atoms with Crippen molar-refractivity contribution in [2.45, 2.75) is 46.1 Å². The van der Waals surface area contributed by atoms with Gasteiger partial charge >= 0.3 is 0 Å². The lowest BCUT2D eigenvalue weighted by Crippen LogP contribution is -2.27. The van der Waals surface area contributed by atoms with Crippen LogP contribution in [0.5, 0.6) is 5.88 Å². The van der Waals surface area contributed by atoms with Gasteiger partial charge in [0.15, 0.2) is 0 Å². The van der Waals surface area contributed by atoms with Crippen LogP contribution in [0.4, 0.5) is 11.5 Å². The van der Waals surface area contributed by atoms with E-state index < -0.39 is 0 Å². The third-order valence-electron chi connectivity index (χ3n) is 3.22. The number of nitrogen functional groups attached to an aromatic ring is 1. The maximum atomic E-state index is 5.92. The minimum absolute atomic E-state index is 0.0908. The predicted octanol–water partition coefficient (Wildman–Crippen LogP) is 3.08. The lowest BCUT2D eigenvalue weighted by atomic mass is 10.3. The van der Waals surface area contributed by atoms with Gasteiger partial charge in [0, 0.05) is 13.1 Å². The Morgan fingerprint density at radius 1 is 1.42 bits per heavy atom. The molecule has 4 heteroatoms. The molecule has 0 saturated heterocycles. The molecule has 0 aromatic carbocycles. The highest BCUT2D eigenvalue weighted by Crippen LogP contribution is 2.32. The van der Waals surface area contributed by atoms with Gasteiger partial charge in [0.2, 0.25) is 5.88 Å². The van der Waals surface area contributed by atoms with Crippen molar-refractivity contribution < 1.29 is 4.74 Å². The second-order valence-corrected chi connectivity index (χ2v) is 5.62. The van der Waals surface area contributed by atoms with E-state index in [2.05, 4.69) is 16.8 Å². The van der Waals surface area contributed by atoms with Gasteiger partial charge in [0.1, 0.15) is 5.82 Å². The molecule has 1 saturated carbocycles. The summed E-state index contributed by atoms with van der Waals surface area (Å²) in [5.74, 6) is 2.39. The first kappa shape index (κ1) is 14.0. The van der Waals surface area contributed by atoms with Crippen LogP contribution in [0.3, 0.4) is 0 Å². The van der Waals surface area contributed by atoms with Gasteiger partial charge in [0.05, 0.1) is 11.8 Å². The van der Waals surface area contributed by atoms with Crippen molar-refractivity contribution in [1.29, 1.82) is 0 Å². The molecule has 4 nitrogen and oxygen atoms in total. The third-order valence-corrected chi connectivity index (χ3v) is 3.22. The highest BCUT2D eigenvalue weighted by atomic mass is 16.5. The molecule has 2 N–H and O–H groups in total. The van der Waals surface area contributed by atoms with Gasteiger partial charge in [-0.1, -0.05) is 6.92 Å². The van der Waals surface area contributed by atoms with Crippen LogP contribution < -0.4 is 15.4 Å². The number of nitrogens with two attached hydrogens (primary N) is 1. The van der Waals surface area contributed by atoms with Crippen molar-refractivity contribution in [2.75, 3.05) is 23.7 Å². The van der Waals surface area contributed by atoms with E-state index in [0.29, 0.717) is 11.6 Å². The minimum Gasteiger partial charge on any atom is -0.473 e. The van der Waals surface area contributed by atoms with Crippen molar-refractivity contribution in [3.05, 3.63) is 12.1 Å². The molecule has 0 amide bonds. The largest absolute Gasteiger partial charge is 0.473 e. The second-order valence-electron chi connectivity index (χ2n) is 5.62. The molecule has 1 aliphatic rings. The van der Waals surface area contributed by atoms with E-state index in [0.717, 1.165) is 31.2 Å². The summed E-state index contributed by atoms with van der Waals surface area (Å²) in [5.41, 5.74) is 6.53. The summed E-state index contributed by atoms with van der Waals surface area (Å²) in [4.78, 5) is 6.94. The number of hydrogen-bond acceptors (Lipinski definition) is 4. The molecule has 0 spiro atoms. The van der Waals surface area contributed by atoms with E-state index in [-0.39, 0.29) is 6.10 Å². The van der Waals surface area contributed by atoms with Crippen LogP contribution in [0.15, 0.2) is 12.1 Å². The van der Waals surface area contributed by atoms with Crippen LogP contribution in [0, 0.1) is 5.92 Å². The molecule has 1 heterocycles. The molecule has 1 aromatic heterocycles. The monoisotopic (exact) mass is 263 g/mol. The zero-order valence-corrected chi connectivity index (χ0v) is 12.2. The Morgan fingerprint density at radius 2 is 2.16 bits per heavy atom. The van der Waals surface area contributed by atoms with Crippen LogP contribution in [0.2, 0.25) is 0 Å². The number of anilines is 2. The van der Waals surface area contributed by atoms with E-state index >= 15 is 0 Å². The van der Waals surface area contributed by atoms with Crippen molar-refractivity contribution in [2.24, 2.45) is 5.92 Å². The van der Waals surface area contributed by atoms with Crippen LogP contribution in [-0.2, 0) is 0 Å². The Balaban J connectivity index is 2.15. The van der Waals surface area contributed by atoms with Gasteiger partial charge < -0.3 is 15.4 Å². The highest BCUT2D eigenvalue weighted by molar-refractivity contribution is 5.54. The molecule has 1 aromatic rings. The topological polar surface area (TPSA) is 51.4 Å². The maximum Gasteiger partial charge on any atom is 0.239 e. The van der Waals surface area contributed by atoms with Crippen molar-refractivity contribution in [1.82, 2.24) is 4.98 Å². The van der Waals surface area contributed by atoms with E-state index in [1.165, 1.54) is 12.8 Å². The lowest BCUT2D eigenvalue weighted by molar-refractivity contribution is 0.234. The molecule has 0 unspecified atom stereocenters. The molecule has 0 atom stereocenters. The minimum atomic E-state index is 0.0908. The third kappa shape index (κ3) is 4.01. The molecule has 1 aliphatic carbocycles. The molecule has 2 rings (SSSR count). The highest BCUT2D eigenvalue weighted by Gasteiger charge is 2.25. The van der Waals surface area contributed by atoms with Crippen LogP contribution in [0.1, 0.15) is 40.0 Å². The van der Waals surface area contributed by atoms with Crippen molar-refractivity contribution in [3.63, 3.8) is 0 Å². The average molecular weight is 263 g/mol. The fraction of sp³-hybridized carbons (Fsp3) is 0.667. The summed E-state index contributed by atoms with van der Waals surface area (Å²) in [6, 6.07) is 3.90. The number of ether oxygens (including phenoxy) is 1. The molecular formula is C15H25N3O. The molecule has 19 heavy (non-hydrogen) atoms. The van der Waals surface area contributed by atoms with Gasteiger partial charge in [-0.3, -0.25) is 0 Å². The standard InChI is InChI=1S/C15H25N3O/c1-4-9-18(10-12-5-6-12)14-8-7-13(16)15(17-14)19-11(2)3/h7-8,11-12H,4-6,9-10,16H2,1-3H3. The van der Waals surface area contributed by atoms with Gasteiger partial charge in [-0.15, -0.1) is 0 Å². The number of aromatic nitrogens is 1. The quantitative estimate of drug-likeness (QED) is 0.821. The first-order valence-corrected chi connectivity index (χ1v) is 7.28. The van der Waals surface area contributed by atoms with E-state index in [1.807, 2.05) is 26.0 Å². The number of rotatable bonds is 7.